The molecule has 1 atom stereocenters. The van der Waals surface area contributed by atoms with Crippen LogP contribution >= 0.6 is 23.2 Å². The number of fused-ring (bicyclic) bond motifs is 1. The molecule has 1 aliphatic carbocycles. The van der Waals surface area contributed by atoms with Crippen LogP contribution in [0.15, 0.2) is 12.1 Å². The van der Waals surface area contributed by atoms with Crippen LogP contribution in [-0.2, 0) is 13.0 Å². The van der Waals surface area contributed by atoms with Crippen molar-refractivity contribution in [3.05, 3.63) is 39.4 Å². The maximum atomic E-state index is 10.1. The molecule has 1 fully saturated rings. The van der Waals surface area contributed by atoms with E-state index in [1.54, 1.807) is 12.1 Å². The summed E-state index contributed by atoms with van der Waals surface area (Å²) in [4.78, 5) is 0. The van der Waals surface area contributed by atoms with Gasteiger partial charge in [0.15, 0.2) is 0 Å². The van der Waals surface area contributed by atoms with E-state index in [9.17, 15) is 10.2 Å². The molecule has 0 saturated heterocycles. The molecule has 2 aromatic rings. The molecule has 0 amide bonds. The van der Waals surface area contributed by atoms with Crippen molar-refractivity contribution in [2.24, 2.45) is 0 Å². The van der Waals surface area contributed by atoms with Gasteiger partial charge in [-0.15, -0.1) is 10.2 Å². The second-order valence-electron chi connectivity index (χ2n) is 6.10. The molecule has 1 aromatic carbocycles. The van der Waals surface area contributed by atoms with Crippen molar-refractivity contribution < 1.29 is 10.2 Å². The molecule has 0 spiro atoms. The first kappa shape index (κ1) is 14.3. The van der Waals surface area contributed by atoms with Crippen LogP contribution in [0.2, 0.25) is 10.0 Å². The molecule has 22 heavy (non-hydrogen) atoms. The van der Waals surface area contributed by atoms with E-state index >= 15 is 0 Å². The Morgan fingerprint density at radius 3 is 2.64 bits per heavy atom. The fourth-order valence-corrected chi connectivity index (χ4v) is 3.92. The van der Waals surface area contributed by atoms with Crippen molar-refractivity contribution >= 4 is 23.2 Å². The SMILES string of the molecule is Oc1ccc(Cl)c(Cl)c1[C@@H]1Cc2nnc(C3CC(O)C3)n2C1. The highest BCUT2D eigenvalue weighted by molar-refractivity contribution is 6.42. The summed E-state index contributed by atoms with van der Waals surface area (Å²) in [5, 5.41) is 29.0. The van der Waals surface area contributed by atoms with Gasteiger partial charge in [0.2, 0.25) is 0 Å². The number of aliphatic hydroxyl groups excluding tert-OH is 1. The molecule has 116 valence electrons. The van der Waals surface area contributed by atoms with E-state index in [1.165, 1.54) is 0 Å². The molecule has 0 bridgehead atoms. The fraction of sp³-hybridized carbons (Fsp3) is 0.467. The van der Waals surface area contributed by atoms with Gasteiger partial charge in [-0.2, -0.15) is 0 Å². The van der Waals surface area contributed by atoms with Gasteiger partial charge in [0.05, 0.1) is 16.1 Å². The normalized spacial score (nSPS) is 26.8. The van der Waals surface area contributed by atoms with Gasteiger partial charge in [-0.05, 0) is 25.0 Å². The van der Waals surface area contributed by atoms with Crippen LogP contribution in [-0.4, -0.2) is 31.1 Å². The van der Waals surface area contributed by atoms with E-state index in [4.69, 9.17) is 23.2 Å². The standard InChI is InChI=1S/C15H15Cl2N3O2/c16-10-1-2-11(22)13(14(10)17)8-5-12-18-19-15(20(12)6-8)7-3-9(21)4-7/h1-2,7-9,21-22H,3-6H2/t7?,8-,9?/m1/s1. The third-order valence-corrected chi connectivity index (χ3v) is 5.50. The second kappa shape index (κ2) is 5.11. The summed E-state index contributed by atoms with van der Waals surface area (Å²) in [5.41, 5.74) is 0.680. The first-order chi connectivity index (χ1) is 10.5. The van der Waals surface area contributed by atoms with E-state index < -0.39 is 0 Å². The molecule has 2 N–H and O–H groups in total. The molecule has 4 rings (SSSR count). The Morgan fingerprint density at radius 2 is 1.91 bits per heavy atom. The summed E-state index contributed by atoms with van der Waals surface area (Å²) in [5.74, 6) is 2.31. The van der Waals surface area contributed by atoms with E-state index in [0.29, 0.717) is 28.6 Å². The molecule has 5 nitrogen and oxygen atoms in total. The summed E-state index contributed by atoms with van der Waals surface area (Å²) in [6.45, 7) is 0.678. The Labute approximate surface area is 137 Å². The van der Waals surface area contributed by atoms with Gasteiger partial charge in [-0.25, -0.2) is 0 Å². The largest absolute Gasteiger partial charge is 0.508 e. The molecular formula is C15H15Cl2N3O2. The quantitative estimate of drug-likeness (QED) is 0.882. The Hall–Kier alpha value is -1.30. The number of benzene rings is 1. The van der Waals surface area contributed by atoms with Crippen LogP contribution in [0, 0.1) is 0 Å². The summed E-state index contributed by atoms with van der Waals surface area (Å²) in [7, 11) is 0. The average molecular weight is 340 g/mol. The lowest BCUT2D eigenvalue weighted by molar-refractivity contribution is 0.0703. The zero-order valence-corrected chi connectivity index (χ0v) is 13.2. The third-order valence-electron chi connectivity index (χ3n) is 4.68. The van der Waals surface area contributed by atoms with Crippen molar-refractivity contribution in [2.45, 2.75) is 43.7 Å². The Morgan fingerprint density at radius 1 is 1.14 bits per heavy atom. The van der Waals surface area contributed by atoms with Crippen LogP contribution in [0.4, 0.5) is 0 Å². The van der Waals surface area contributed by atoms with Gasteiger partial charge in [0.1, 0.15) is 17.4 Å². The highest BCUT2D eigenvalue weighted by atomic mass is 35.5. The summed E-state index contributed by atoms with van der Waals surface area (Å²) >= 11 is 12.4. The molecule has 7 heteroatoms. The van der Waals surface area contributed by atoms with Gasteiger partial charge >= 0.3 is 0 Å². The van der Waals surface area contributed by atoms with Gasteiger partial charge in [-0.1, -0.05) is 23.2 Å². The van der Waals surface area contributed by atoms with Crippen LogP contribution in [0.3, 0.4) is 0 Å². The zero-order chi connectivity index (χ0) is 15.4. The van der Waals surface area contributed by atoms with Crippen molar-refractivity contribution in [1.29, 1.82) is 0 Å². The topological polar surface area (TPSA) is 71.2 Å². The van der Waals surface area contributed by atoms with Gasteiger partial charge in [-0.3, -0.25) is 0 Å². The van der Waals surface area contributed by atoms with E-state index in [1.807, 2.05) is 0 Å². The number of halogens is 2. The van der Waals surface area contributed by atoms with Crippen LogP contribution in [0.1, 0.15) is 41.9 Å². The predicted octanol–water partition coefficient (Wildman–Crippen LogP) is 2.87. The minimum absolute atomic E-state index is 0.0421. The molecule has 2 heterocycles. The lowest BCUT2D eigenvalue weighted by Gasteiger charge is -2.30. The summed E-state index contributed by atoms with van der Waals surface area (Å²) in [6.07, 6.45) is 1.94. The van der Waals surface area contributed by atoms with Gasteiger partial charge in [0, 0.05) is 30.4 Å². The molecule has 1 aliphatic heterocycles. The van der Waals surface area contributed by atoms with Crippen molar-refractivity contribution in [3.8, 4) is 5.75 Å². The molecular weight excluding hydrogens is 325 g/mol. The highest BCUT2D eigenvalue weighted by Gasteiger charge is 2.37. The van der Waals surface area contributed by atoms with E-state index in [2.05, 4.69) is 14.8 Å². The van der Waals surface area contributed by atoms with Crippen molar-refractivity contribution in [2.75, 3.05) is 0 Å². The molecule has 0 unspecified atom stereocenters. The average Bonchev–Trinajstić information content (AvgIpc) is 3.00. The first-order valence-electron chi connectivity index (χ1n) is 7.31. The number of rotatable bonds is 2. The summed E-state index contributed by atoms with van der Waals surface area (Å²) in [6, 6.07) is 3.17. The summed E-state index contributed by atoms with van der Waals surface area (Å²) < 4.78 is 2.10. The number of hydrogen-bond acceptors (Lipinski definition) is 4. The number of aliphatic hydroxyl groups is 1. The Kier molecular flexibility index (Phi) is 3.33. The number of nitrogens with zero attached hydrogens (tertiary/aromatic N) is 3. The van der Waals surface area contributed by atoms with Gasteiger partial charge < -0.3 is 14.8 Å². The van der Waals surface area contributed by atoms with Crippen molar-refractivity contribution in [1.82, 2.24) is 14.8 Å². The predicted molar refractivity (Wildman–Crippen MR) is 82.6 cm³/mol. The Balaban J connectivity index is 1.64. The molecule has 2 aliphatic rings. The molecule has 1 saturated carbocycles. The monoisotopic (exact) mass is 339 g/mol. The number of aromatic nitrogens is 3. The second-order valence-corrected chi connectivity index (χ2v) is 6.89. The third kappa shape index (κ3) is 2.11. The highest BCUT2D eigenvalue weighted by Crippen LogP contribution is 2.43. The van der Waals surface area contributed by atoms with Crippen LogP contribution in [0.25, 0.3) is 0 Å². The molecule has 1 aromatic heterocycles. The lowest BCUT2D eigenvalue weighted by atomic mass is 9.82. The first-order valence-corrected chi connectivity index (χ1v) is 8.07. The number of phenols is 1. The number of aromatic hydroxyl groups is 1. The minimum atomic E-state index is -0.221. The number of phenolic OH excluding ortho intramolecular Hbond substituents is 1. The lowest BCUT2D eigenvalue weighted by Crippen LogP contribution is -2.28. The van der Waals surface area contributed by atoms with Crippen LogP contribution < -0.4 is 0 Å². The van der Waals surface area contributed by atoms with Gasteiger partial charge in [0.25, 0.3) is 0 Å². The molecule has 0 radical (unpaired) electrons. The van der Waals surface area contributed by atoms with Crippen molar-refractivity contribution in [3.63, 3.8) is 0 Å². The van der Waals surface area contributed by atoms with Crippen LogP contribution in [0.5, 0.6) is 5.75 Å². The fourth-order valence-electron chi connectivity index (χ4n) is 3.44. The maximum absolute atomic E-state index is 10.1. The number of hydrogen-bond donors (Lipinski definition) is 2. The minimum Gasteiger partial charge on any atom is -0.508 e. The smallest absolute Gasteiger partial charge is 0.136 e. The maximum Gasteiger partial charge on any atom is 0.136 e. The van der Waals surface area contributed by atoms with E-state index in [-0.39, 0.29) is 23.7 Å². The zero-order valence-electron chi connectivity index (χ0n) is 11.7. The Bertz CT molecular complexity index is 741. The van der Waals surface area contributed by atoms with E-state index in [0.717, 1.165) is 24.5 Å².